The van der Waals surface area contributed by atoms with Gasteiger partial charge in [0.15, 0.2) is 0 Å². The van der Waals surface area contributed by atoms with Gasteiger partial charge in [0.25, 0.3) is 0 Å². The molecule has 1 heterocycles. The van der Waals surface area contributed by atoms with Crippen LogP contribution in [-0.2, 0) is 10.5 Å². The fourth-order valence-electron chi connectivity index (χ4n) is 1.99. The average Bonchev–Trinajstić information content (AvgIpc) is 2.95. The van der Waals surface area contributed by atoms with Gasteiger partial charge in [0.2, 0.25) is 0 Å². The van der Waals surface area contributed by atoms with E-state index in [4.69, 9.17) is 18.6 Å². The molecule has 0 bridgehead atoms. The van der Waals surface area contributed by atoms with Crippen LogP contribution in [0.4, 0.5) is 0 Å². The lowest BCUT2D eigenvalue weighted by atomic mass is 10.2. The maximum absolute atomic E-state index is 11.5. The van der Waals surface area contributed by atoms with Crippen molar-refractivity contribution in [2.75, 3.05) is 26.6 Å². The summed E-state index contributed by atoms with van der Waals surface area (Å²) in [6, 6.07) is 9.22. The van der Waals surface area contributed by atoms with Crippen LogP contribution in [0.1, 0.15) is 21.9 Å². The molecule has 0 fully saturated rings. The summed E-state index contributed by atoms with van der Waals surface area (Å²) in [5.74, 6) is 4.10. The van der Waals surface area contributed by atoms with Gasteiger partial charge in [0, 0.05) is 5.75 Å². The number of carbonyl (C=O) groups is 1. The van der Waals surface area contributed by atoms with Crippen molar-refractivity contribution in [3.8, 4) is 11.5 Å². The second-order valence-electron chi connectivity index (χ2n) is 4.75. The van der Waals surface area contributed by atoms with E-state index >= 15 is 0 Å². The third-order valence-electron chi connectivity index (χ3n) is 3.17. The van der Waals surface area contributed by atoms with Crippen molar-refractivity contribution in [1.29, 1.82) is 0 Å². The molecule has 0 radical (unpaired) electrons. The van der Waals surface area contributed by atoms with E-state index in [0.29, 0.717) is 23.7 Å². The highest BCUT2D eigenvalue weighted by atomic mass is 32.2. The number of hydrogen-bond acceptors (Lipinski definition) is 6. The highest BCUT2D eigenvalue weighted by Gasteiger charge is 2.15. The Kier molecular flexibility index (Phi) is 6.40. The van der Waals surface area contributed by atoms with Crippen LogP contribution in [0, 0.1) is 6.92 Å². The molecule has 0 atom stereocenters. The standard InChI is InChI=1S/C17H20O5S/c1-12-16(17(18)20-3)10-15(22-12)11-23-9-8-21-14-6-4-13(19-2)5-7-14/h4-7,10H,8-9,11H2,1-3H3. The molecule has 23 heavy (non-hydrogen) atoms. The van der Waals surface area contributed by atoms with Crippen LogP contribution in [0.3, 0.4) is 0 Å². The molecule has 2 aromatic rings. The number of aryl methyl sites for hydroxylation is 1. The summed E-state index contributed by atoms with van der Waals surface area (Å²) in [6.07, 6.45) is 0. The first-order chi connectivity index (χ1) is 11.1. The minimum absolute atomic E-state index is 0.370. The zero-order valence-corrected chi connectivity index (χ0v) is 14.3. The van der Waals surface area contributed by atoms with E-state index in [1.165, 1.54) is 7.11 Å². The molecule has 0 saturated carbocycles. The second-order valence-corrected chi connectivity index (χ2v) is 5.86. The maximum atomic E-state index is 11.5. The van der Waals surface area contributed by atoms with Gasteiger partial charge < -0.3 is 18.6 Å². The van der Waals surface area contributed by atoms with Crippen molar-refractivity contribution in [3.63, 3.8) is 0 Å². The zero-order valence-electron chi connectivity index (χ0n) is 13.5. The van der Waals surface area contributed by atoms with E-state index in [9.17, 15) is 4.79 Å². The lowest BCUT2D eigenvalue weighted by Gasteiger charge is -2.06. The number of esters is 1. The summed E-state index contributed by atoms with van der Waals surface area (Å²) in [7, 11) is 2.99. The van der Waals surface area contributed by atoms with Gasteiger partial charge in [-0.25, -0.2) is 4.79 Å². The Bertz CT molecular complexity index is 633. The van der Waals surface area contributed by atoms with Gasteiger partial charge in [0.05, 0.1) is 26.6 Å². The first-order valence-electron chi connectivity index (χ1n) is 7.16. The number of rotatable bonds is 8. The highest BCUT2D eigenvalue weighted by molar-refractivity contribution is 7.98. The van der Waals surface area contributed by atoms with Crippen LogP contribution in [0.2, 0.25) is 0 Å². The molecule has 2 rings (SSSR count). The first kappa shape index (κ1) is 17.3. The molecule has 0 amide bonds. The molecule has 124 valence electrons. The molecule has 0 N–H and O–H groups in total. The molecular weight excluding hydrogens is 316 g/mol. The first-order valence-corrected chi connectivity index (χ1v) is 8.31. The Morgan fingerprint density at radius 2 is 1.87 bits per heavy atom. The van der Waals surface area contributed by atoms with Crippen LogP contribution < -0.4 is 9.47 Å². The van der Waals surface area contributed by atoms with E-state index < -0.39 is 0 Å². The minimum Gasteiger partial charge on any atom is -0.497 e. The number of thioether (sulfide) groups is 1. The van der Waals surface area contributed by atoms with Crippen LogP contribution in [0.25, 0.3) is 0 Å². The van der Waals surface area contributed by atoms with Crippen molar-refractivity contribution in [3.05, 3.63) is 47.4 Å². The van der Waals surface area contributed by atoms with Crippen molar-refractivity contribution in [2.24, 2.45) is 0 Å². The molecule has 6 heteroatoms. The molecule has 0 aliphatic rings. The van der Waals surface area contributed by atoms with Crippen molar-refractivity contribution < 1.29 is 23.4 Å². The summed E-state index contributed by atoms with van der Waals surface area (Å²) in [6.45, 7) is 2.35. The van der Waals surface area contributed by atoms with Gasteiger partial charge in [0.1, 0.15) is 28.6 Å². The number of furan rings is 1. The number of carbonyl (C=O) groups excluding carboxylic acids is 1. The molecule has 0 unspecified atom stereocenters. The van der Waals surface area contributed by atoms with Gasteiger partial charge >= 0.3 is 5.97 Å². The molecule has 0 saturated heterocycles. The van der Waals surface area contributed by atoms with Crippen molar-refractivity contribution >= 4 is 17.7 Å². The van der Waals surface area contributed by atoms with Gasteiger partial charge in [-0.3, -0.25) is 0 Å². The molecule has 0 spiro atoms. The van der Waals surface area contributed by atoms with Crippen LogP contribution in [0.5, 0.6) is 11.5 Å². The molecular formula is C17H20O5S. The zero-order chi connectivity index (χ0) is 16.7. The summed E-state index contributed by atoms with van der Waals surface area (Å²) in [4.78, 5) is 11.5. The fraction of sp³-hybridized carbons (Fsp3) is 0.353. The predicted molar refractivity (Wildman–Crippen MR) is 89.4 cm³/mol. The largest absolute Gasteiger partial charge is 0.497 e. The quantitative estimate of drug-likeness (QED) is 0.541. The third kappa shape index (κ3) is 4.96. The summed E-state index contributed by atoms with van der Waals surface area (Å²) < 4.78 is 21.0. The summed E-state index contributed by atoms with van der Waals surface area (Å²) in [5.41, 5.74) is 0.484. The lowest BCUT2D eigenvalue weighted by molar-refractivity contribution is 0.0599. The normalized spacial score (nSPS) is 10.4. The number of ether oxygens (including phenoxy) is 3. The SMILES string of the molecule is COC(=O)c1cc(CSCCOc2ccc(OC)cc2)oc1C. The van der Waals surface area contributed by atoms with Crippen molar-refractivity contribution in [1.82, 2.24) is 0 Å². The second kappa shape index (κ2) is 8.53. The smallest absolute Gasteiger partial charge is 0.341 e. The Morgan fingerprint density at radius 3 is 2.52 bits per heavy atom. The van der Waals surface area contributed by atoms with E-state index in [2.05, 4.69) is 0 Å². The molecule has 1 aromatic heterocycles. The number of hydrogen-bond donors (Lipinski definition) is 0. The average molecular weight is 336 g/mol. The van der Waals surface area contributed by atoms with E-state index in [0.717, 1.165) is 23.0 Å². The van der Waals surface area contributed by atoms with Crippen LogP contribution in [-0.4, -0.2) is 32.5 Å². The third-order valence-corrected chi connectivity index (χ3v) is 4.12. The molecule has 5 nitrogen and oxygen atoms in total. The predicted octanol–water partition coefficient (Wildman–Crippen LogP) is 3.70. The van der Waals surface area contributed by atoms with Gasteiger partial charge in [-0.15, -0.1) is 0 Å². The van der Waals surface area contributed by atoms with Crippen LogP contribution >= 0.6 is 11.8 Å². The highest BCUT2D eigenvalue weighted by Crippen LogP contribution is 2.21. The van der Waals surface area contributed by atoms with Crippen molar-refractivity contribution in [2.45, 2.75) is 12.7 Å². The summed E-state index contributed by atoms with van der Waals surface area (Å²) >= 11 is 1.68. The lowest BCUT2D eigenvalue weighted by Crippen LogP contribution is -2.01. The molecule has 0 aliphatic heterocycles. The topological polar surface area (TPSA) is 57.9 Å². The van der Waals surface area contributed by atoms with E-state index in [-0.39, 0.29) is 5.97 Å². The molecule has 1 aromatic carbocycles. The fourth-order valence-corrected chi connectivity index (χ4v) is 2.68. The van der Waals surface area contributed by atoms with Gasteiger partial charge in [-0.1, -0.05) is 0 Å². The summed E-state index contributed by atoms with van der Waals surface area (Å²) in [5, 5.41) is 0. The Labute approximate surface area is 139 Å². The Morgan fingerprint density at radius 1 is 1.17 bits per heavy atom. The Balaban J connectivity index is 1.72. The number of benzene rings is 1. The minimum atomic E-state index is -0.370. The van der Waals surface area contributed by atoms with E-state index in [1.54, 1.807) is 31.9 Å². The number of methoxy groups -OCH3 is 2. The van der Waals surface area contributed by atoms with E-state index in [1.807, 2.05) is 24.3 Å². The Hall–Kier alpha value is -2.08. The van der Waals surface area contributed by atoms with Crippen LogP contribution in [0.15, 0.2) is 34.7 Å². The monoisotopic (exact) mass is 336 g/mol. The van der Waals surface area contributed by atoms with Gasteiger partial charge in [-0.2, -0.15) is 11.8 Å². The molecule has 0 aliphatic carbocycles. The van der Waals surface area contributed by atoms with Gasteiger partial charge in [-0.05, 0) is 37.3 Å². The maximum Gasteiger partial charge on any atom is 0.341 e.